The Bertz CT molecular complexity index is 637. The maximum absolute atomic E-state index is 11.5. The number of hydrogen-bond donors (Lipinski definition) is 0. The first kappa shape index (κ1) is 17.1. The Labute approximate surface area is 139 Å². The second-order valence-electron chi connectivity index (χ2n) is 5.90. The molecule has 0 aliphatic rings. The Balaban J connectivity index is 2.12. The molecular weight excluding hydrogens is 314 g/mol. The zero-order valence-corrected chi connectivity index (χ0v) is 15.4. The largest absolute Gasteiger partial charge is 0.343 e. The van der Waals surface area contributed by atoms with Crippen molar-refractivity contribution in [3.05, 3.63) is 35.7 Å². The van der Waals surface area contributed by atoms with Crippen LogP contribution in [0.3, 0.4) is 0 Å². The SMILES string of the molecule is CC(C)Cc1nsc(N(C)C(C)c2ccc(S(C)=O)cc2)n1. The van der Waals surface area contributed by atoms with E-state index in [0.717, 1.165) is 22.3 Å². The molecule has 2 atom stereocenters. The molecule has 0 saturated heterocycles. The molecule has 22 heavy (non-hydrogen) atoms. The smallest absolute Gasteiger partial charge is 0.205 e. The lowest BCUT2D eigenvalue weighted by Crippen LogP contribution is -2.21. The van der Waals surface area contributed by atoms with Crippen LogP contribution in [0.25, 0.3) is 0 Å². The van der Waals surface area contributed by atoms with Crippen molar-refractivity contribution in [2.75, 3.05) is 18.2 Å². The molecule has 0 spiro atoms. The van der Waals surface area contributed by atoms with Crippen LogP contribution in [-0.2, 0) is 17.2 Å². The van der Waals surface area contributed by atoms with E-state index < -0.39 is 10.8 Å². The summed E-state index contributed by atoms with van der Waals surface area (Å²) in [5, 5.41) is 0.936. The first-order valence-corrected chi connectivity index (χ1v) is 9.70. The predicted octanol–water partition coefficient (Wildman–Crippen LogP) is 3.67. The molecule has 0 amide bonds. The van der Waals surface area contributed by atoms with Crippen molar-refractivity contribution in [2.45, 2.75) is 38.1 Å². The Morgan fingerprint density at radius 2 is 1.86 bits per heavy atom. The first-order chi connectivity index (χ1) is 10.4. The van der Waals surface area contributed by atoms with Crippen molar-refractivity contribution in [3.63, 3.8) is 0 Å². The van der Waals surface area contributed by atoms with Crippen molar-refractivity contribution in [2.24, 2.45) is 5.92 Å². The molecule has 0 aliphatic carbocycles. The highest BCUT2D eigenvalue weighted by Crippen LogP contribution is 2.27. The van der Waals surface area contributed by atoms with Crippen LogP contribution in [0.2, 0.25) is 0 Å². The lowest BCUT2D eigenvalue weighted by atomic mass is 10.1. The molecule has 120 valence electrons. The van der Waals surface area contributed by atoms with Crippen LogP contribution in [0.1, 0.15) is 38.2 Å². The molecule has 2 rings (SSSR count). The second kappa shape index (κ2) is 7.33. The summed E-state index contributed by atoms with van der Waals surface area (Å²) < 4.78 is 15.9. The number of benzene rings is 1. The predicted molar refractivity (Wildman–Crippen MR) is 94.0 cm³/mol. The van der Waals surface area contributed by atoms with Crippen molar-refractivity contribution < 1.29 is 4.21 Å². The van der Waals surface area contributed by atoms with Crippen LogP contribution in [-0.4, -0.2) is 26.9 Å². The van der Waals surface area contributed by atoms with E-state index in [1.807, 2.05) is 31.3 Å². The Hall–Kier alpha value is -1.27. The summed E-state index contributed by atoms with van der Waals surface area (Å²) in [6.45, 7) is 6.49. The Morgan fingerprint density at radius 3 is 2.41 bits per heavy atom. The molecule has 0 bridgehead atoms. The quantitative estimate of drug-likeness (QED) is 0.807. The van der Waals surface area contributed by atoms with Gasteiger partial charge < -0.3 is 4.90 Å². The molecule has 1 aromatic heterocycles. The maximum atomic E-state index is 11.5. The molecule has 0 N–H and O–H groups in total. The summed E-state index contributed by atoms with van der Waals surface area (Å²) in [6, 6.07) is 8.13. The normalized spacial score (nSPS) is 14.1. The molecule has 0 fully saturated rings. The summed E-state index contributed by atoms with van der Waals surface area (Å²) in [4.78, 5) is 7.62. The van der Waals surface area contributed by atoms with E-state index in [2.05, 4.69) is 35.0 Å². The average Bonchev–Trinajstić information content (AvgIpc) is 2.93. The highest BCUT2D eigenvalue weighted by atomic mass is 32.2. The molecule has 4 nitrogen and oxygen atoms in total. The molecular formula is C16H23N3OS2. The van der Waals surface area contributed by atoms with Gasteiger partial charge in [-0.15, -0.1) is 0 Å². The second-order valence-corrected chi connectivity index (χ2v) is 8.01. The molecule has 2 aromatic rings. The minimum absolute atomic E-state index is 0.194. The fourth-order valence-electron chi connectivity index (χ4n) is 2.16. The zero-order valence-electron chi connectivity index (χ0n) is 13.7. The lowest BCUT2D eigenvalue weighted by molar-refractivity contribution is 0.625. The zero-order chi connectivity index (χ0) is 16.3. The van der Waals surface area contributed by atoms with Gasteiger partial charge in [0.25, 0.3) is 0 Å². The molecule has 0 radical (unpaired) electrons. The average molecular weight is 338 g/mol. The Morgan fingerprint density at radius 1 is 1.23 bits per heavy atom. The Kier molecular flexibility index (Phi) is 5.69. The van der Waals surface area contributed by atoms with Crippen LogP contribution in [0, 0.1) is 5.92 Å². The van der Waals surface area contributed by atoms with Gasteiger partial charge in [0.2, 0.25) is 5.13 Å². The van der Waals surface area contributed by atoms with Gasteiger partial charge in [0.05, 0.1) is 6.04 Å². The number of nitrogens with zero attached hydrogens (tertiary/aromatic N) is 3. The minimum Gasteiger partial charge on any atom is -0.343 e. The third-order valence-electron chi connectivity index (χ3n) is 3.63. The molecule has 1 heterocycles. The van der Waals surface area contributed by atoms with Crippen LogP contribution in [0.15, 0.2) is 29.2 Å². The molecule has 0 aliphatic heterocycles. The molecule has 1 aromatic carbocycles. The summed E-state index contributed by atoms with van der Waals surface area (Å²) in [6.07, 6.45) is 2.61. The monoisotopic (exact) mass is 337 g/mol. The summed E-state index contributed by atoms with van der Waals surface area (Å²) in [7, 11) is 1.10. The topological polar surface area (TPSA) is 46.1 Å². The fraction of sp³-hybridized carbons (Fsp3) is 0.500. The van der Waals surface area contributed by atoms with Gasteiger partial charge in [0.1, 0.15) is 5.82 Å². The van der Waals surface area contributed by atoms with Gasteiger partial charge in [-0.2, -0.15) is 4.37 Å². The van der Waals surface area contributed by atoms with Gasteiger partial charge in [-0.3, -0.25) is 4.21 Å². The van der Waals surface area contributed by atoms with E-state index in [0.29, 0.717) is 5.92 Å². The van der Waals surface area contributed by atoms with E-state index in [-0.39, 0.29) is 6.04 Å². The summed E-state index contributed by atoms with van der Waals surface area (Å²) >= 11 is 1.45. The first-order valence-electron chi connectivity index (χ1n) is 7.37. The van der Waals surface area contributed by atoms with Gasteiger partial charge in [-0.05, 0) is 30.5 Å². The molecule has 2 unspecified atom stereocenters. The van der Waals surface area contributed by atoms with Crippen molar-refractivity contribution >= 4 is 27.5 Å². The standard InChI is InChI=1S/C16H23N3OS2/c1-11(2)10-15-17-16(21-18-15)19(4)12(3)13-6-8-14(9-7-13)22(5)20/h6-9,11-12H,10H2,1-5H3. The number of aromatic nitrogens is 2. The highest BCUT2D eigenvalue weighted by molar-refractivity contribution is 7.84. The van der Waals surface area contributed by atoms with Crippen molar-refractivity contribution in [1.82, 2.24) is 9.36 Å². The summed E-state index contributed by atoms with van der Waals surface area (Å²) in [5.74, 6) is 1.48. The molecule has 0 saturated carbocycles. The van der Waals surface area contributed by atoms with Gasteiger partial charge in [-0.1, -0.05) is 26.0 Å². The van der Waals surface area contributed by atoms with Crippen LogP contribution in [0.4, 0.5) is 5.13 Å². The van der Waals surface area contributed by atoms with Crippen LogP contribution >= 0.6 is 11.5 Å². The maximum Gasteiger partial charge on any atom is 0.205 e. The van der Waals surface area contributed by atoms with E-state index in [4.69, 9.17) is 0 Å². The third kappa shape index (κ3) is 4.14. The number of rotatable bonds is 6. The van der Waals surface area contributed by atoms with E-state index in [1.165, 1.54) is 17.1 Å². The highest BCUT2D eigenvalue weighted by Gasteiger charge is 2.17. The van der Waals surface area contributed by atoms with Gasteiger partial charge in [-0.25, -0.2) is 4.98 Å². The lowest BCUT2D eigenvalue weighted by Gasteiger charge is -2.24. The van der Waals surface area contributed by atoms with E-state index >= 15 is 0 Å². The van der Waals surface area contributed by atoms with E-state index in [9.17, 15) is 4.21 Å². The minimum atomic E-state index is -0.934. The third-order valence-corrected chi connectivity index (χ3v) is 5.41. The fourth-order valence-corrected chi connectivity index (χ4v) is 3.42. The van der Waals surface area contributed by atoms with E-state index in [1.54, 1.807) is 6.26 Å². The molecule has 6 heteroatoms. The number of hydrogen-bond acceptors (Lipinski definition) is 5. The van der Waals surface area contributed by atoms with Crippen LogP contribution in [0.5, 0.6) is 0 Å². The van der Waals surface area contributed by atoms with Crippen molar-refractivity contribution in [3.8, 4) is 0 Å². The summed E-state index contributed by atoms with van der Waals surface area (Å²) in [5.41, 5.74) is 1.18. The van der Waals surface area contributed by atoms with Crippen LogP contribution < -0.4 is 4.90 Å². The van der Waals surface area contributed by atoms with Crippen molar-refractivity contribution in [1.29, 1.82) is 0 Å². The van der Waals surface area contributed by atoms with Gasteiger partial charge in [0.15, 0.2) is 0 Å². The van der Waals surface area contributed by atoms with Gasteiger partial charge >= 0.3 is 0 Å². The number of anilines is 1. The van der Waals surface area contributed by atoms with Gasteiger partial charge in [0, 0.05) is 47.0 Å².